The van der Waals surface area contributed by atoms with Crippen LogP contribution in [-0.4, -0.2) is 0 Å². The minimum Gasteiger partial charge on any atom is -0.696 e. The number of hydrogen-bond donors (Lipinski definition) is 1. The van der Waals surface area contributed by atoms with Crippen molar-refractivity contribution in [2.75, 3.05) is 0 Å². The van der Waals surface area contributed by atoms with Gasteiger partial charge in [0.25, 0.3) is 0 Å². The molecule has 0 atom stereocenters. The van der Waals surface area contributed by atoms with Gasteiger partial charge in [-0.1, -0.05) is 5.40 Å². The molecular weight excluding hydrogens is 185 g/mol. The molecule has 4 N–H and O–H groups in total. The van der Waals surface area contributed by atoms with E-state index < -0.39 is 0 Å². The summed E-state index contributed by atoms with van der Waals surface area (Å²) in [6.07, 6.45) is 0. The molecule has 0 spiro atoms. The van der Waals surface area contributed by atoms with Crippen LogP contribution in [0.3, 0.4) is 0 Å². The minimum absolute atomic E-state index is 0. The summed E-state index contributed by atoms with van der Waals surface area (Å²) < 4.78 is 0. The summed E-state index contributed by atoms with van der Waals surface area (Å²) in [4.78, 5) is 0. The van der Waals surface area contributed by atoms with Gasteiger partial charge >= 0.3 is 27.3 Å². The fourth-order valence-electron chi connectivity index (χ4n) is 0. The van der Waals surface area contributed by atoms with E-state index in [2.05, 4.69) is 12.6 Å². The molecule has 0 aromatic rings. The topological polar surface area (TPSA) is 60.3 Å². The Balaban J connectivity index is -0.0000000200. The van der Waals surface area contributed by atoms with Crippen LogP contribution in [0.25, 0.3) is 0 Å². The average Bonchev–Trinajstić information content (AvgIpc) is 0.918. The van der Waals surface area contributed by atoms with Crippen molar-refractivity contribution in [1.82, 2.24) is 6.15 Å². The van der Waals surface area contributed by atoms with Gasteiger partial charge < -0.3 is 18.8 Å². The standard InChI is InChI=1S/CHNS.Cd.H3N/c2-1-3;;/h3H;;1H3/q;+2;. The summed E-state index contributed by atoms with van der Waals surface area (Å²) in [6.45, 7) is 0. The van der Waals surface area contributed by atoms with E-state index in [9.17, 15) is 0 Å². The molecular formula is CH4CdN2S+2. The molecule has 0 saturated carbocycles. The second kappa shape index (κ2) is 23.4. The first kappa shape index (κ1) is 17.6. The number of quaternary nitrogens is 1. The smallest absolute Gasteiger partial charge is 0.696 e. The molecule has 0 heterocycles. The van der Waals surface area contributed by atoms with Crippen LogP contribution in [-0.2, 0) is 39.9 Å². The Labute approximate surface area is 56.7 Å². The average molecular weight is 189 g/mol. The second-order valence-electron chi connectivity index (χ2n) is 0.0913. The van der Waals surface area contributed by atoms with Gasteiger partial charge in [-0.05, 0) is 0 Å². The van der Waals surface area contributed by atoms with Crippen molar-refractivity contribution in [3.63, 3.8) is 0 Å². The van der Waals surface area contributed by atoms with E-state index in [0.29, 0.717) is 0 Å². The van der Waals surface area contributed by atoms with Crippen LogP contribution in [0.2, 0.25) is 0 Å². The van der Waals surface area contributed by atoms with Gasteiger partial charge in [-0.25, -0.2) is 5.26 Å². The molecule has 5 heavy (non-hydrogen) atoms. The van der Waals surface area contributed by atoms with Crippen molar-refractivity contribution in [3.8, 4) is 5.40 Å². The molecule has 0 unspecified atom stereocenters. The molecule has 0 aromatic carbocycles. The van der Waals surface area contributed by atoms with Crippen LogP contribution in [0.5, 0.6) is 0 Å². The summed E-state index contributed by atoms with van der Waals surface area (Å²) in [6, 6.07) is 0. The summed E-state index contributed by atoms with van der Waals surface area (Å²) in [5.41, 5.74) is 0. The SMILES string of the molecule is N#C[S-].[Cd+2].[NH4+]. The molecule has 0 radical (unpaired) electrons. The van der Waals surface area contributed by atoms with Crippen molar-refractivity contribution in [3.05, 3.63) is 0 Å². The van der Waals surface area contributed by atoms with Gasteiger partial charge in [0.2, 0.25) is 0 Å². The summed E-state index contributed by atoms with van der Waals surface area (Å²) in [5.74, 6) is 0. The monoisotopic (exact) mass is 190 g/mol. The van der Waals surface area contributed by atoms with Crippen molar-refractivity contribution in [2.24, 2.45) is 0 Å². The quantitative estimate of drug-likeness (QED) is 0.340. The Morgan fingerprint density at radius 1 is 1.60 bits per heavy atom. The molecule has 0 bridgehead atoms. The van der Waals surface area contributed by atoms with E-state index in [4.69, 9.17) is 5.26 Å². The molecule has 0 saturated heterocycles. The Morgan fingerprint density at radius 3 is 1.60 bits per heavy atom. The third-order valence-corrected chi connectivity index (χ3v) is 0. The fourth-order valence-corrected chi connectivity index (χ4v) is 0. The van der Waals surface area contributed by atoms with Crippen molar-refractivity contribution < 1.29 is 27.3 Å². The predicted molar refractivity (Wildman–Crippen MR) is 19.0 cm³/mol. The number of thiocyanates is 1. The number of nitrogens with zero attached hydrogens (tertiary/aromatic N) is 1. The minimum atomic E-state index is 0. The van der Waals surface area contributed by atoms with Gasteiger partial charge in [0.15, 0.2) is 0 Å². The van der Waals surface area contributed by atoms with Crippen LogP contribution >= 0.6 is 0 Å². The maximum atomic E-state index is 7.13. The summed E-state index contributed by atoms with van der Waals surface area (Å²) in [7, 11) is 0. The first-order valence-corrected chi connectivity index (χ1v) is 0.836. The van der Waals surface area contributed by atoms with Crippen LogP contribution in [0.15, 0.2) is 0 Å². The molecule has 2 nitrogen and oxygen atoms in total. The van der Waals surface area contributed by atoms with Gasteiger partial charge in [-0.15, -0.1) is 0 Å². The molecule has 0 aliphatic heterocycles. The number of hydrogen-bond acceptors (Lipinski definition) is 2. The molecule has 0 aliphatic rings. The fraction of sp³-hybridized carbons (Fsp3) is 0. The third kappa shape index (κ3) is 88.0. The molecule has 0 amide bonds. The largest absolute Gasteiger partial charge is 2.00 e. The Kier molecular flexibility index (Phi) is 82.1. The van der Waals surface area contributed by atoms with Crippen LogP contribution < -0.4 is 6.15 Å². The summed E-state index contributed by atoms with van der Waals surface area (Å²) >= 11 is 3.70. The van der Waals surface area contributed by atoms with E-state index in [1.807, 2.05) is 0 Å². The van der Waals surface area contributed by atoms with E-state index in [1.54, 1.807) is 0 Å². The Bertz CT molecular complexity index is 31.1. The number of nitriles is 1. The molecule has 4 heteroatoms. The molecule has 0 fully saturated rings. The maximum Gasteiger partial charge on any atom is 2.00 e. The van der Waals surface area contributed by atoms with E-state index in [0.717, 1.165) is 0 Å². The normalized spacial score (nSPS) is 1.40. The Morgan fingerprint density at radius 2 is 1.60 bits per heavy atom. The van der Waals surface area contributed by atoms with E-state index in [1.165, 1.54) is 5.40 Å². The Hall–Kier alpha value is 0.592. The van der Waals surface area contributed by atoms with Gasteiger partial charge in [0.1, 0.15) is 0 Å². The van der Waals surface area contributed by atoms with E-state index in [-0.39, 0.29) is 33.4 Å². The molecule has 0 aliphatic carbocycles. The molecule has 0 aromatic heterocycles. The van der Waals surface area contributed by atoms with E-state index >= 15 is 0 Å². The second-order valence-corrected chi connectivity index (χ2v) is 0.274. The van der Waals surface area contributed by atoms with Gasteiger partial charge in [0.05, 0.1) is 0 Å². The van der Waals surface area contributed by atoms with Crippen molar-refractivity contribution in [1.29, 1.82) is 5.26 Å². The summed E-state index contributed by atoms with van der Waals surface area (Å²) in [5, 5.41) is 8.47. The van der Waals surface area contributed by atoms with Crippen molar-refractivity contribution >= 4 is 12.6 Å². The van der Waals surface area contributed by atoms with Gasteiger partial charge in [-0.2, -0.15) is 0 Å². The number of rotatable bonds is 0. The third-order valence-electron chi connectivity index (χ3n) is 0. The van der Waals surface area contributed by atoms with Crippen LogP contribution in [0.1, 0.15) is 0 Å². The van der Waals surface area contributed by atoms with Gasteiger partial charge in [-0.3, -0.25) is 0 Å². The first-order valence-electron chi connectivity index (χ1n) is 0.428. The first-order chi connectivity index (χ1) is 1.41. The zero-order valence-electron chi connectivity index (χ0n) is 3.06. The van der Waals surface area contributed by atoms with Crippen LogP contribution in [0, 0.1) is 10.7 Å². The molecule has 24 valence electrons. The maximum absolute atomic E-state index is 7.13. The van der Waals surface area contributed by atoms with Crippen molar-refractivity contribution in [2.45, 2.75) is 0 Å². The van der Waals surface area contributed by atoms with Crippen LogP contribution in [0.4, 0.5) is 0 Å². The predicted octanol–water partition coefficient (Wildman–Crippen LogP) is 0.388. The zero-order chi connectivity index (χ0) is 2.71. The van der Waals surface area contributed by atoms with Gasteiger partial charge in [0, 0.05) is 0 Å². The zero-order valence-corrected chi connectivity index (χ0v) is 7.92. The molecule has 0 rings (SSSR count).